The molecule has 0 aromatic carbocycles. The van der Waals surface area contributed by atoms with Gasteiger partial charge in [0.05, 0.1) is 5.84 Å². The van der Waals surface area contributed by atoms with Crippen LogP contribution in [0.1, 0.15) is 239 Å². The maximum atomic E-state index is 12.8. The highest BCUT2D eigenvalue weighted by Crippen LogP contribution is 2.28. The molecule has 59 heavy (non-hydrogen) atoms. The molecule has 1 fully saturated rings. The molecule has 1 rings (SSSR count). The number of amidine groups is 1. The van der Waals surface area contributed by atoms with E-state index in [0.29, 0.717) is 38.0 Å². The molecule has 10 heteroatoms. The number of nitrogens with two attached hydrogens (primary N) is 1. The van der Waals surface area contributed by atoms with E-state index in [1.54, 1.807) is 0 Å². The molecular weight excluding hydrogens is 777 g/mol. The summed E-state index contributed by atoms with van der Waals surface area (Å²) in [7, 11) is 0. The van der Waals surface area contributed by atoms with Crippen LogP contribution < -0.4 is 5.73 Å². The molecule has 0 heterocycles. The Morgan fingerprint density at radius 2 is 0.915 bits per heavy atom. The molecule has 346 valence electrons. The van der Waals surface area contributed by atoms with Gasteiger partial charge in [0, 0.05) is 37.2 Å². The van der Waals surface area contributed by atoms with Crippen LogP contribution in [0, 0.1) is 11.3 Å². The van der Waals surface area contributed by atoms with Crippen LogP contribution in [0.15, 0.2) is 0 Å². The molecule has 0 aromatic heterocycles. The topological polar surface area (TPSA) is 129 Å². The molecule has 1 aliphatic carbocycles. The Morgan fingerprint density at radius 1 is 0.508 bits per heavy atom. The highest BCUT2D eigenvalue weighted by Gasteiger charge is 2.20. The number of carbonyl (C=O) groups excluding carboxylic acids is 3. The van der Waals surface area contributed by atoms with Gasteiger partial charge in [-0.2, -0.15) is 23.5 Å². The standard InChI is InChI=1S/C49H92N2O6S2/c1-4-7-10-13-23-34-47(52)56-44(31-19-11-8-5-2)40-58-38-24-15-21-29-43(55-48(53)35-26-33-46(50)51)30-22-16-25-39-59-41-45(32-20-12-9-6-3)57-49(54)37-36-42-27-17-14-18-28-42/h42-45H,4-41H2,1-3H3,(H3,50,51). The van der Waals surface area contributed by atoms with Crippen LogP contribution >= 0.6 is 23.5 Å². The monoisotopic (exact) mass is 869 g/mol. The summed E-state index contributed by atoms with van der Waals surface area (Å²) < 4.78 is 18.0. The number of thioether (sulfide) groups is 2. The van der Waals surface area contributed by atoms with Gasteiger partial charge in [-0.3, -0.25) is 19.8 Å². The highest BCUT2D eigenvalue weighted by atomic mass is 32.2. The maximum Gasteiger partial charge on any atom is 0.306 e. The Balaban J connectivity index is 2.46. The number of hydrogen-bond donors (Lipinski definition) is 2. The van der Waals surface area contributed by atoms with Crippen LogP contribution in [0.4, 0.5) is 0 Å². The molecule has 8 nitrogen and oxygen atoms in total. The van der Waals surface area contributed by atoms with Crippen molar-refractivity contribution in [2.45, 2.75) is 257 Å². The van der Waals surface area contributed by atoms with Gasteiger partial charge < -0.3 is 19.9 Å². The quantitative estimate of drug-likeness (QED) is 0.0202. The second-order valence-electron chi connectivity index (χ2n) is 17.5. The third-order valence-corrected chi connectivity index (χ3v) is 14.1. The van der Waals surface area contributed by atoms with Gasteiger partial charge in [-0.15, -0.1) is 0 Å². The van der Waals surface area contributed by atoms with Crippen molar-refractivity contribution in [1.29, 1.82) is 5.41 Å². The fraction of sp³-hybridized carbons (Fsp3) is 0.918. The fourth-order valence-corrected chi connectivity index (χ4v) is 10.1. The van der Waals surface area contributed by atoms with E-state index >= 15 is 0 Å². The summed E-state index contributed by atoms with van der Waals surface area (Å²) >= 11 is 3.82. The lowest BCUT2D eigenvalue weighted by Crippen LogP contribution is -2.22. The third kappa shape index (κ3) is 35.8. The Labute approximate surface area is 371 Å². The van der Waals surface area contributed by atoms with E-state index in [1.807, 2.05) is 23.5 Å². The average molecular weight is 869 g/mol. The predicted molar refractivity (Wildman–Crippen MR) is 254 cm³/mol. The normalized spacial score (nSPS) is 14.8. The van der Waals surface area contributed by atoms with Crippen molar-refractivity contribution in [1.82, 2.24) is 0 Å². The van der Waals surface area contributed by atoms with Crippen molar-refractivity contribution in [3.05, 3.63) is 0 Å². The van der Waals surface area contributed by atoms with E-state index in [9.17, 15) is 14.4 Å². The van der Waals surface area contributed by atoms with Crippen molar-refractivity contribution in [2.24, 2.45) is 11.7 Å². The minimum Gasteiger partial charge on any atom is -0.462 e. The van der Waals surface area contributed by atoms with Crippen LogP contribution in [-0.4, -0.2) is 65.1 Å². The largest absolute Gasteiger partial charge is 0.462 e. The molecule has 3 unspecified atom stereocenters. The van der Waals surface area contributed by atoms with Gasteiger partial charge in [-0.25, -0.2) is 0 Å². The van der Waals surface area contributed by atoms with Crippen molar-refractivity contribution in [3.8, 4) is 0 Å². The van der Waals surface area contributed by atoms with Gasteiger partial charge in [0.25, 0.3) is 0 Å². The van der Waals surface area contributed by atoms with Crippen molar-refractivity contribution >= 4 is 47.3 Å². The molecule has 0 aliphatic heterocycles. The van der Waals surface area contributed by atoms with Crippen LogP contribution in [0.3, 0.4) is 0 Å². The maximum absolute atomic E-state index is 12.8. The summed E-state index contributed by atoms with van der Waals surface area (Å²) in [6.07, 6.45) is 35.2. The van der Waals surface area contributed by atoms with E-state index in [1.165, 1.54) is 89.9 Å². The zero-order valence-electron chi connectivity index (χ0n) is 38.5. The second kappa shape index (κ2) is 40.6. The van der Waals surface area contributed by atoms with E-state index in [0.717, 1.165) is 119 Å². The van der Waals surface area contributed by atoms with Crippen molar-refractivity contribution < 1.29 is 28.6 Å². The van der Waals surface area contributed by atoms with Crippen LogP contribution in [-0.2, 0) is 28.6 Å². The first kappa shape index (κ1) is 55.6. The lowest BCUT2D eigenvalue weighted by molar-refractivity contribution is -0.150. The lowest BCUT2D eigenvalue weighted by atomic mass is 9.86. The minimum atomic E-state index is -0.180. The molecule has 1 aliphatic rings. The lowest BCUT2D eigenvalue weighted by Gasteiger charge is -2.22. The number of unbranched alkanes of at least 4 members (excludes halogenated alkanes) is 14. The van der Waals surface area contributed by atoms with Gasteiger partial charge in [-0.1, -0.05) is 130 Å². The van der Waals surface area contributed by atoms with Gasteiger partial charge >= 0.3 is 17.9 Å². The molecule has 0 aromatic rings. The Bertz CT molecular complexity index is 1030. The number of nitrogens with one attached hydrogen (secondary N) is 1. The van der Waals surface area contributed by atoms with Gasteiger partial charge in [0.15, 0.2) is 0 Å². The first-order valence-corrected chi connectivity index (χ1v) is 27.1. The summed E-state index contributed by atoms with van der Waals surface area (Å²) in [5, 5.41) is 7.47. The number of hydrogen-bond acceptors (Lipinski definition) is 9. The van der Waals surface area contributed by atoms with Crippen LogP contribution in [0.25, 0.3) is 0 Å². The predicted octanol–water partition coefficient (Wildman–Crippen LogP) is 14.1. The van der Waals surface area contributed by atoms with Crippen LogP contribution in [0.5, 0.6) is 0 Å². The molecule has 0 amide bonds. The second-order valence-corrected chi connectivity index (χ2v) is 19.8. The molecule has 0 radical (unpaired) electrons. The van der Waals surface area contributed by atoms with E-state index < -0.39 is 0 Å². The number of rotatable bonds is 42. The minimum absolute atomic E-state index is 0.000447. The summed E-state index contributed by atoms with van der Waals surface area (Å²) in [6, 6.07) is 0. The third-order valence-electron chi connectivity index (χ3n) is 11.7. The van der Waals surface area contributed by atoms with Gasteiger partial charge in [0.1, 0.15) is 18.3 Å². The Hall–Kier alpha value is -1.42. The van der Waals surface area contributed by atoms with Crippen molar-refractivity contribution in [3.63, 3.8) is 0 Å². The first-order chi connectivity index (χ1) is 28.8. The Kier molecular flexibility index (Phi) is 38.3. The zero-order chi connectivity index (χ0) is 43.0. The molecule has 0 spiro atoms. The first-order valence-electron chi connectivity index (χ1n) is 24.8. The number of esters is 3. The van der Waals surface area contributed by atoms with Gasteiger partial charge in [0.2, 0.25) is 0 Å². The molecule has 3 N–H and O–H groups in total. The average Bonchev–Trinajstić information content (AvgIpc) is 3.22. The van der Waals surface area contributed by atoms with Crippen molar-refractivity contribution in [2.75, 3.05) is 23.0 Å². The van der Waals surface area contributed by atoms with E-state index in [4.69, 9.17) is 25.4 Å². The summed E-state index contributed by atoms with van der Waals surface area (Å²) in [5.74, 6) is 4.46. The summed E-state index contributed by atoms with van der Waals surface area (Å²) in [6.45, 7) is 6.67. The molecular formula is C49H92N2O6S2. The highest BCUT2D eigenvalue weighted by molar-refractivity contribution is 7.99. The number of ether oxygens (including phenoxy) is 3. The van der Waals surface area contributed by atoms with Crippen LogP contribution in [0.2, 0.25) is 0 Å². The van der Waals surface area contributed by atoms with E-state index in [2.05, 4.69) is 20.8 Å². The number of carbonyl (C=O) groups is 3. The SMILES string of the molecule is CCCCCCCC(=O)OC(CCCCCC)CSCCCCCC(CCCCCSCC(CCCCCC)OC(=O)CCC1CCCCC1)OC(=O)CCCC(=N)N. The molecule has 0 saturated heterocycles. The summed E-state index contributed by atoms with van der Waals surface area (Å²) in [5.41, 5.74) is 5.50. The molecule has 0 bridgehead atoms. The molecule has 1 saturated carbocycles. The Morgan fingerprint density at radius 3 is 1.41 bits per heavy atom. The smallest absolute Gasteiger partial charge is 0.306 e. The fourth-order valence-electron chi connectivity index (χ4n) is 7.98. The van der Waals surface area contributed by atoms with E-state index in [-0.39, 0.29) is 42.1 Å². The molecule has 3 atom stereocenters. The van der Waals surface area contributed by atoms with Gasteiger partial charge in [-0.05, 0) is 101 Å². The summed E-state index contributed by atoms with van der Waals surface area (Å²) in [4.78, 5) is 38.1. The zero-order valence-corrected chi connectivity index (χ0v) is 40.2.